The highest BCUT2D eigenvalue weighted by atomic mass is 16.6. The van der Waals surface area contributed by atoms with Gasteiger partial charge >= 0.3 is 0 Å². The van der Waals surface area contributed by atoms with Gasteiger partial charge in [0.05, 0.1) is 7.11 Å². The summed E-state index contributed by atoms with van der Waals surface area (Å²) in [5.74, 6) is -0.0330. The van der Waals surface area contributed by atoms with Crippen LogP contribution in [0.4, 0.5) is 0 Å². The second-order valence-electron chi connectivity index (χ2n) is 3.50. The maximum Gasteiger partial charge on any atom is 0.263 e. The highest BCUT2D eigenvalue weighted by molar-refractivity contribution is 5.85. The number of amides is 1. The molecule has 0 spiro atoms. The molecular formula is C9H18N2O2. The van der Waals surface area contributed by atoms with Crippen LogP contribution in [0, 0.1) is 0 Å². The molecule has 4 nitrogen and oxygen atoms in total. The van der Waals surface area contributed by atoms with Crippen LogP contribution in [0.2, 0.25) is 0 Å². The smallest absolute Gasteiger partial charge is 0.263 e. The SMILES string of the molecule is CCCC1(C(=O)NOC)CCCN1. The Morgan fingerprint density at radius 3 is 2.92 bits per heavy atom. The summed E-state index contributed by atoms with van der Waals surface area (Å²) in [5.41, 5.74) is 2.04. The molecule has 0 aromatic heterocycles. The largest absolute Gasteiger partial charge is 0.303 e. The van der Waals surface area contributed by atoms with Gasteiger partial charge in [-0.15, -0.1) is 0 Å². The normalized spacial score (nSPS) is 27.5. The monoisotopic (exact) mass is 186 g/mol. The highest BCUT2D eigenvalue weighted by Crippen LogP contribution is 2.24. The van der Waals surface area contributed by atoms with Crippen LogP contribution in [0.3, 0.4) is 0 Å². The molecule has 1 aliphatic rings. The summed E-state index contributed by atoms with van der Waals surface area (Å²) in [4.78, 5) is 16.3. The third-order valence-corrected chi connectivity index (χ3v) is 2.55. The Hall–Kier alpha value is -0.610. The second kappa shape index (κ2) is 4.58. The molecule has 1 unspecified atom stereocenters. The van der Waals surface area contributed by atoms with Gasteiger partial charge in [0.15, 0.2) is 0 Å². The molecule has 1 atom stereocenters. The van der Waals surface area contributed by atoms with Crippen molar-refractivity contribution in [2.45, 2.75) is 38.1 Å². The molecule has 1 amide bonds. The van der Waals surface area contributed by atoms with Crippen molar-refractivity contribution in [3.63, 3.8) is 0 Å². The zero-order chi connectivity index (χ0) is 9.73. The summed E-state index contributed by atoms with van der Waals surface area (Å²) in [6, 6.07) is 0. The quantitative estimate of drug-likeness (QED) is 0.632. The van der Waals surface area contributed by atoms with E-state index in [0.29, 0.717) is 0 Å². The van der Waals surface area contributed by atoms with E-state index in [9.17, 15) is 4.79 Å². The molecule has 4 heteroatoms. The third-order valence-electron chi connectivity index (χ3n) is 2.55. The predicted octanol–water partition coefficient (Wildman–Crippen LogP) is 0.586. The topological polar surface area (TPSA) is 50.4 Å². The van der Waals surface area contributed by atoms with Gasteiger partial charge in [-0.1, -0.05) is 13.3 Å². The van der Waals surface area contributed by atoms with Gasteiger partial charge < -0.3 is 5.32 Å². The van der Waals surface area contributed by atoms with Gasteiger partial charge in [-0.3, -0.25) is 9.63 Å². The van der Waals surface area contributed by atoms with E-state index in [1.165, 1.54) is 7.11 Å². The van der Waals surface area contributed by atoms with Crippen molar-refractivity contribution in [2.75, 3.05) is 13.7 Å². The fourth-order valence-electron chi connectivity index (χ4n) is 1.94. The number of hydrogen-bond acceptors (Lipinski definition) is 3. The van der Waals surface area contributed by atoms with Gasteiger partial charge in [0.2, 0.25) is 0 Å². The van der Waals surface area contributed by atoms with Crippen molar-refractivity contribution in [2.24, 2.45) is 0 Å². The molecule has 2 N–H and O–H groups in total. The zero-order valence-corrected chi connectivity index (χ0v) is 8.35. The molecule has 0 aliphatic carbocycles. The first-order valence-electron chi connectivity index (χ1n) is 4.83. The van der Waals surface area contributed by atoms with E-state index >= 15 is 0 Å². The maximum atomic E-state index is 11.7. The molecule has 0 aromatic rings. The van der Waals surface area contributed by atoms with Crippen molar-refractivity contribution >= 4 is 5.91 Å². The minimum atomic E-state index is -0.370. The molecule has 0 bridgehead atoms. The molecule has 1 rings (SSSR count). The third kappa shape index (κ3) is 2.19. The van der Waals surface area contributed by atoms with Crippen molar-refractivity contribution < 1.29 is 9.63 Å². The van der Waals surface area contributed by atoms with Crippen LogP contribution in [0.5, 0.6) is 0 Å². The molecule has 1 saturated heterocycles. The summed E-state index contributed by atoms with van der Waals surface area (Å²) < 4.78 is 0. The van der Waals surface area contributed by atoms with E-state index in [2.05, 4.69) is 22.6 Å². The van der Waals surface area contributed by atoms with Crippen LogP contribution in [0.25, 0.3) is 0 Å². The Bertz CT molecular complexity index is 176. The second-order valence-corrected chi connectivity index (χ2v) is 3.50. The molecular weight excluding hydrogens is 168 g/mol. The highest BCUT2D eigenvalue weighted by Gasteiger charge is 2.39. The Labute approximate surface area is 79.0 Å². The lowest BCUT2D eigenvalue weighted by molar-refractivity contribution is -0.138. The Morgan fingerprint density at radius 2 is 2.46 bits per heavy atom. The van der Waals surface area contributed by atoms with Gasteiger partial charge in [0.1, 0.15) is 5.54 Å². The number of carbonyl (C=O) groups excluding carboxylic acids is 1. The van der Waals surface area contributed by atoms with Crippen molar-refractivity contribution in [1.29, 1.82) is 0 Å². The van der Waals surface area contributed by atoms with E-state index in [0.717, 1.165) is 32.2 Å². The fraction of sp³-hybridized carbons (Fsp3) is 0.889. The number of hydroxylamine groups is 1. The molecule has 76 valence electrons. The van der Waals surface area contributed by atoms with E-state index < -0.39 is 0 Å². The molecule has 0 saturated carbocycles. The van der Waals surface area contributed by atoms with Crippen LogP contribution >= 0.6 is 0 Å². The molecule has 1 fully saturated rings. The predicted molar refractivity (Wildman–Crippen MR) is 50.0 cm³/mol. The number of nitrogens with one attached hydrogen (secondary N) is 2. The van der Waals surface area contributed by atoms with Crippen LogP contribution in [-0.4, -0.2) is 25.1 Å². The van der Waals surface area contributed by atoms with Crippen LogP contribution in [0.15, 0.2) is 0 Å². The van der Waals surface area contributed by atoms with E-state index in [-0.39, 0.29) is 11.4 Å². The Morgan fingerprint density at radius 1 is 1.69 bits per heavy atom. The van der Waals surface area contributed by atoms with Crippen LogP contribution in [-0.2, 0) is 9.63 Å². The maximum absolute atomic E-state index is 11.7. The minimum Gasteiger partial charge on any atom is -0.303 e. The van der Waals surface area contributed by atoms with Gasteiger partial charge in [0, 0.05) is 0 Å². The summed E-state index contributed by atoms with van der Waals surface area (Å²) in [7, 11) is 1.46. The molecule has 1 aliphatic heterocycles. The minimum absolute atomic E-state index is 0.0330. The first-order chi connectivity index (χ1) is 6.25. The van der Waals surface area contributed by atoms with E-state index in [1.807, 2.05) is 0 Å². The summed E-state index contributed by atoms with van der Waals surface area (Å²) in [6.07, 6.45) is 3.86. The van der Waals surface area contributed by atoms with Gasteiger partial charge in [-0.2, -0.15) is 0 Å². The van der Waals surface area contributed by atoms with Crippen LogP contribution < -0.4 is 10.8 Å². The summed E-state index contributed by atoms with van der Waals surface area (Å²) in [6.45, 7) is 3.01. The standard InChI is InChI=1S/C9H18N2O2/c1-3-5-9(6-4-7-10-9)8(12)11-13-2/h10H,3-7H2,1-2H3,(H,11,12). The van der Waals surface area contributed by atoms with Crippen LogP contribution in [0.1, 0.15) is 32.6 Å². The molecule has 13 heavy (non-hydrogen) atoms. The summed E-state index contributed by atoms with van der Waals surface area (Å²) >= 11 is 0. The lowest BCUT2D eigenvalue weighted by atomic mass is 9.91. The van der Waals surface area contributed by atoms with Gasteiger partial charge in [-0.25, -0.2) is 5.48 Å². The molecule has 1 heterocycles. The Kier molecular flexibility index (Phi) is 3.69. The van der Waals surface area contributed by atoms with Gasteiger partial charge in [0.25, 0.3) is 5.91 Å². The first kappa shape index (κ1) is 10.5. The zero-order valence-electron chi connectivity index (χ0n) is 8.35. The fourth-order valence-corrected chi connectivity index (χ4v) is 1.94. The number of rotatable bonds is 4. The van der Waals surface area contributed by atoms with E-state index in [1.54, 1.807) is 0 Å². The number of carbonyl (C=O) groups is 1. The first-order valence-corrected chi connectivity index (χ1v) is 4.83. The lowest BCUT2D eigenvalue weighted by Gasteiger charge is -2.26. The average Bonchev–Trinajstić information content (AvgIpc) is 2.55. The molecule has 0 radical (unpaired) electrons. The average molecular weight is 186 g/mol. The Balaban J connectivity index is 2.60. The summed E-state index contributed by atoms with van der Waals surface area (Å²) in [5, 5.41) is 3.26. The van der Waals surface area contributed by atoms with Crippen molar-refractivity contribution in [3.8, 4) is 0 Å². The van der Waals surface area contributed by atoms with Crippen molar-refractivity contribution in [1.82, 2.24) is 10.8 Å². The number of hydrogen-bond donors (Lipinski definition) is 2. The van der Waals surface area contributed by atoms with E-state index in [4.69, 9.17) is 0 Å². The van der Waals surface area contributed by atoms with Crippen molar-refractivity contribution in [3.05, 3.63) is 0 Å². The molecule has 0 aromatic carbocycles. The van der Waals surface area contributed by atoms with Gasteiger partial charge in [-0.05, 0) is 25.8 Å². The lowest BCUT2D eigenvalue weighted by Crippen LogP contribution is -2.53.